The summed E-state index contributed by atoms with van der Waals surface area (Å²) >= 11 is 6.59. The number of H-pyrrole nitrogens is 1. The molecular formula is C28H32ClN5O4. The number of aromatic amines is 1. The fourth-order valence-corrected chi connectivity index (χ4v) is 4.98. The molecule has 9 nitrogen and oxygen atoms in total. The number of aliphatic hydroxyl groups is 3. The summed E-state index contributed by atoms with van der Waals surface area (Å²) in [5.74, 6) is 0.627. The summed E-state index contributed by atoms with van der Waals surface area (Å²) in [7, 11) is 0. The van der Waals surface area contributed by atoms with E-state index < -0.39 is 12.5 Å². The number of ether oxygens (including phenoxy) is 1. The number of anilines is 1. The van der Waals surface area contributed by atoms with E-state index in [4.69, 9.17) is 16.3 Å². The Morgan fingerprint density at radius 1 is 0.947 bits per heavy atom. The maximum absolute atomic E-state index is 10.3. The molecule has 1 aliphatic heterocycles. The third kappa shape index (κ3) is 5.48. The number of imidazole rings is 1. The second-order valence-electron chi connectivity index (χ2n) is 9.95. The lowest BCUT2D eigenvalue weighted by Crippen LogP contribution is -2.51. The van der Waals surface area contributed by atoms with Gasteiger partial charge < -0.3 is 29.9 Å². The van der Waals surface area contributed by atoms with Gasteiger partial charge in [-0.15, -0.1) is 0 Å². The largest absolute Gasteiger partial charge is 0.426 e. The van der Waals surface area contributed by atoms with E-state index in [1.54, 1.807) is 31.2 Å². The zero-order chi connectivity index (χ0) is 27.0. The maximum Gasteiger partial charge on any atom is 0.301 e. The number of aromatic nitrogens is 3. The van der Waals surface area contributed by atoms with Crippen molar-refractivity contribution in [2.45, 2.75) is 33.3 Å². The molecule has 10 heteroatoms. The molecule has 0 radical (unpaired) electrons. The number of piperazine rings is 1. The molecule has 4 N–H and O–H groups in total. The predicted molar refractivity (Wildman–Crippen MR) is 147 cm³/mol. The number of fused-ring (bicyclic) bond motifs is 1. The molecule has 1 atom stereocenters. The highest BCUT2D eigenvalue weighted by Gasteiger charge is 2.24. The summed E-state index contributed by atoms with van der Waals surface area (Å²) in [5.41, 5.74) is 4.80. The standard InChI is InChI=1S/C28H32ClN5O4/c1-16(2)26(35)34-12-10-33(11-13-34)19-7-5-18(6-8-19)24-22(29)15-23-25(31-24)32-28(30-23)38-20-9-4-17(3)21(14-20)27(36)37/h4-9,14-16,26-27,35-37H,10-13H2,1-3H3,(H,30,31,32). The van der Waals surface area contributed by atoms with Crippen LogP contribution >= 0.6 is 11.6 Å². The Morgan fingerprint density at radius 2 is 1.66 bits per heavy atom. The first-order valence-corrected chi connectivity index (χ1v) is 13.1. The van der Waals surface area contributed by atoms with Gasteiger partial charge in [-0.1, -0.05) is 43.6 Å². The summed E-state index contributed by atoms with van der Waals surface area (Å²) in [5, 5.41) is 29.9. The van der Waals surface area contributed by atoms with Crippen molar-refractivity contribution in [1.29, 1.82) is 0 Å². The number of aryl methyl sites for hydroxylation is 1. The van der Waals surface area contributed by atoms with Crippen LogP contribution in [-0.4, -0.2) is 67.6 Å². The number of rotatable bonds is 7. The molecule has 1 saturated heterocycles. The molecule has 4 aromatic rings. The molecule has 38 heavy (non-hydrogen) atoms. The summed E-state index contributed by atoms with van der Waals surface area (Å²) in [6.07, 6.45) is -2.00. The number of aliphatic hydroxyl groups excluding tert-OH is 2. The minimum atomic E-state index is -1.59. The zero-order valence-electron chi connectivity index (χ0n) is 21.6. The molecule has 1 aliphatic rings. The van der Waals surface area contributed by atoms with Gasteiger partial charge in [0.05, 0.1) is 16.2 Å². The first kappa shape index (κ1) is 26.4. The molecule has 0 aliphatic carbocycles. The Labute approximate surface area is 226 Å². The van der Waals surface area contributed by atoms with Crippen LogP contribution in [0.15, 0.2) is 48.5 Å². The van der Waals surface area contributed by atoms with Gasteiger partial charge in [0.15, 0.2) is 11.9 Å². The lowest BCUT2D eigenvalue weighted by atomic mass is 10.1. The maximum atomic E-state index is 10.3. The van der Waals surface area contributed by atoms with E-state index in [1.807, 2.05) is 26.0 Å². The van der Waals surface area contributed by atoms with Crippen molar-refractivity contribution in [3.05, 3.63) is 64.7 Å². The number of halogens is 1. The van der Waals surface area contributed by atoms with Crippen molar-refractivity contribution in [2.24, 2.45) is 5.92 Å². The molecule has 200 valence electrons. The van der Waals surface area contributed by atoms with Gasteiger partial charge in [0, 0.05) is 43.0 Å². The van der Waals surface area contributed by atoms with Gasteiger partial charge >= 0.3 is 6.01 Å². The van der Waals surface area contributed by atoms with E-state index in [2.05, 4.69) is 36.9 Å². The van der Waals surface area contributed by atoms with Gasteiger partial charge in [-0.3, -0.25) is 4.90 Å². The Bertz CT molecular complexity index is 1420. The molecule has 0 saturated carbocycles. The van der Waals surface area contributed by atoms with Crippen LogP contribution in [0.25, 0.3) is 22.4 Å². The Kier molecular flexibility index (Phi) is 7.56. The van der Waals surface area contributed by atoms with E-state index >= 15 is 0 Å². The van der Waals surface area contributed by atoms with Gasteiger partial charge in [0.25, 0.3) is 0 Å². The second kappa shape index (κ2) is 10.9. The number of pyridine rings is 1. The van der Waals surface area contributed by atoms with Crippen molar-refractivity contribution in [3.63, 3.8) is 0 Å². The highest BCUT2D eigenvalue weighted by Crippen LogP contribution is 2.32. The average molecular weight is 538 g/mol. The van der Waals surface area contributed by atoms with Crippen LogP contribution < -0.4 is 9.64 Å². The van der Waals surface area contributed by atoms with E-state index in [0.29, 0.717) is 33.2 Å². The molecule has 5 rings (SSSR count). The van der Waals surface area contributed by atoms with Crippen LogP contribution in [-0.2, 0) is 0 Å². The Morgan fingerprint density at radius 3 is 2.32 bits per heavy atom. The first-order valence-electron chi connectivity index (χ1n) is 12.7. The zero-order valence-corrected chi connectivity index (χ0v) is 22.4. The van der Waals surface area contributed by atoms with Gasteiger partial charge in [0.1, 0.15) is 12.0 Å². The summed E-state index contributed by atoms with van der Waals surface area (Å²) < 4.78 is 5.82. The van der Waals surface area contributed by atoms with Crippen molar-refractivity contribution in [3.8, 4) is 23.0 Å². The smallest absolute Gasteiger partial charge is 0.301 e. The highest BCUT2D eigenvalue weighted by molar-refractivity contribution is 6.33. The van der Waals surface area contributed by atoms with Gasteiger partial charge in [-0.25, -0.2) is 4.98 Å². The van der Waals surface area contributed by atoms with Gasteiger partial charge in [0.2, 0.25) is 0 Å². The minimum Gasteiger partial charge on any atom is -0.426 e. The Hall–Kier alpha value is -3.21. The Balaban J connectivity index is 1.32. The van der Waals surface area contributed by atoms with Crippen LogP contribution in [0.2, 0.25) is 5.02 Å². The molecule has 1 unspecified atom stereocenters. The van der Waals surface area contributed by atoms with Crippen molar-refractivity contribution < 1.29 is 20.1 Å². The molecule has 0 spiro atoms. The molecule has 3 heterocycles. The molecule has 2 aromatic heterocycles. The summed E-state index contributed by atoms with van der Waals surface area (Å²) in [6, 6.07) is 15.2. The normalized spacial score (nSPS) is 15.6. The van der Waals surface area contributed by atoms with Crippen LogP contribution in [0, 0.1) is 12.8 Å². The van der Waals surface area contributed by atoms with Gasteiger partial charge in [-0.05, 0) is 48.7 Å². The quantitative estimate of drug-likeness (QED) is 0.255. The topological polar surface area (TPSA) is 118 Å². The fourth-order valence-electron chi connectivity index (χ4n) is 4.71. The van der Waals surface area contributed by atoms with E-state index in [1.165, 1.54) is 0 Å². The van der Waals surface area contributed by atoms with E-state index in [0.717, 1.165) is 43.0 Å². The monoisotopic (exact) mass is 537 g/mol. The molecular weight excluding hydrogens is 506 g/mol. The number of benzene rings is 2. The summed E-state index contributed by atoms with van der Waals surface area (Å²) in [4.78, 5) is 16.6. The van der Waals surface area contributed by atoms with E-state index in [9.17, 15) is 15.3 Å². The van der Waals surface area contributed by atoms with Crippen molar-refractivity contribution in [2.75, 3.05) is 31.1 Å². The fraction of sp³-hybridized carbons (Fsp3) is 0.357. The predicted octanol–water partition coefficient (Wildman–Crippen LogP) is 4.46. The summed E-state index contributed by atoms with van der Waals surface area (Å²) in [6.45, 7) is 9.20. The first-order chi connectivity index (χ1) is 18.2. The lowest BCUT2D eigenvalue weighted by Gasteiger charge is -2.39. The van der Waals surface area contributed by atoms with Crippen LogP contribution in [0.4, 0.5) is 5.69 Å². The minimum absolute atomic E-state index is 0.211. The van der Waals surface area contributed by atoms with Crippen LogP contribution in [0.5, 0.6) is 11.8 Å². The number of nitrogens with zero attached hydrogens (tertiary/aromatic N) is 4. The van der Waals surface area contributed by atoms with Crippen LogP contribution in [0.3, 0.4) is 0 Å². The average Bonchev–Trinajstić information content (AvgIpc) is 3.29. The third-order valence-electron chi connectivity index (χ3n) is 6.94. The SMILES string of the molecule is Cc1ccc(Oc2nc3nc(-c4ccc(N5CCN(C(O)C(C)C)CC5)cc4)c(Cl)cc3[nH]2)cc1C(O)O. The van der Waals surface area contributed by atoms with E-state index in [-0.39, 0.29) is 11.9 Å². The van der Waals surface area contributed by atoms with Gasteiger partial charge in [-0.2, -0.15) is 4.98 Å². The van der Waals surface area contributed by atoms with Crippen molar-refractivity contribution >= 4 is 28.5 Å². The highest BCUT2D eigenvalue weighted by atomic mass is 35.5. The number of hydrogen-bond acceptors (Lipinski definition) is 8. The molecule has 2 aromatic carbocycles. The number of nitrogens with one attached hydrogen (secondary N) is 1. The van der Waals surface area contributed by atoms with Crippen LogP contribution in [0.1, 0.15) is 31.3 Å². The molecule has 0 amide bonds. The van der Waals surface area contributed by atoms with Crippen molar-refractivity contribution in [1.82, 2.24) is 19.9 Å². The molecule has 0 bridgehead atoms. The lowest BCUT2D eigenvalue weighted by molar-refractivity contribution is -0.0430. The molecule has 1 fully saturated rings. The second-order valence-corrected chi connectivity index (χ2v) is 10.4. The number of hydrogen-bond donors (Lipinski definition) is 4. The third-order valence-corrected chi connectivity index (χ3v) is 7.23.